The van der Waals surface area contributed by atoms with Gasteiger partial charge in [0.2, 0.25) is 5.76 Å². The van der Waals surface area contributed by atoms with E-state index >= 15 is 0 Å². The highest BCUT2D eigenvalue weighted by Gasteiger charge is 2.42. The summed E-state index contributed by atoms with van der Waals surface area (Å²) in [6, 6.07) is 1.82. The molecular formula is C12H14N2O. The number of aromatic nitrogens is 1. The van der Waals surface area contributed by atoms with Crippen molar-refractivity contribution in [2.24, 2.45) is 0 Å². The number of hydrogen-bond acceptors (Lipinski definition) is 3. The first-order chi connectivity index (χ1) is 7.39. The molecule has 1 aromatic rings. The summed E-state index contributed by atoms with van der Waals surface area (Å²) in [6.45, 7) is 2.43. The maximum Gasteiger partial charge on any atom is 0.209 e. The summed E-state index contributed by atoms with van der Waals surface area (Å²) < 4.78 is 5.00. The molecule has 0 N–H and O–H groups in total. The van der Waals surface area contributed by atoms with Gasteiger partial charge < -0.3 is 4.52 Å². The lowest BCUT2D eigenvalue weighted by molar-refractivity contribution is 0.260. The maximum absolute atomic E-state index is 5.00. The van der Waals surface area contributed by atoms with Crippen LogP contribution in [0.4, 0.5) is 0 Å². The van der Waals surface area contributed by atoms with E-state index in [0.717, 1.165) is 0 Å². The van der Waals surface area contributed by atoms with Crippen LogP contribution in [0, 0.1) is 11.8 Å². The maximum atomic E-state index is 5.00. The fourth-order valence-electron chi connectivity index (χ4n) is 2.77. The monoisotopic (exact) mass is 202 g/mol. The third-order valence-corrected chi connectivity index (χ3v) is 3.50. The summed E-state index contributed by atoms with van der Waals surface area (Å²) in [5.74, 6) is 7.19. The fourth-order valence-corrected chi connectivity index (χ4v) is 2.77. The average Bonchev–Trinajstić information content (AvgIpc) is 2.91. The molecule has 0 saturated carbocycles. The second-order valence-corrected chi connectivity index (χ2v) is 4.35. The van der Waals surface area contributed by atoms with Gasteiger partial charge in [-0.15, -0.1) is 0 Å². The standard InChI is InChI=1S/C12H14N2O/c1-5-12(6-2-10-14(12)9-1)7-3-11-4-8-13-15-11/h4,8H,1-2,5-6,9-10H2. The Morgan fingerprint density at radius 3 is 2.80 bits per heavy atom. The van der Waals surface area contributed by atoms with Crippen LogP contribution in [-0.2, 0) is 0 Å². The number of fused-ring (bicyclic) bond motifs is 1. The topological polar surface area (TPSA) is 29.3 Å². The van der Waals surface area contributed by atoms with Gasteiger partial charge in [0.1, 0.15) is 0 Å². The Morgan fingerprint density at radius 1 is 1.33 bits per heavy atom. The summed E-state index contributed by atoms with van der Waals surface area (Å²) in [4.78, 5) is 2.52. The summed E-state index contributed by atoms with van der Waals surface area (Å²) in [5.41, 5.74) is 0.160. The molecule has 78 valence electrons. The Morgan fingerprint density at radius 2 is 2.13 bits per heavy atom. The van der Waals surface area contributed by atoms with Crippen molar-refractivity contribution in [3.63, 3.8) is 0 Å². The Labute approximate surface area is 89.4 Å². The number of hydrogen-bond donors (Lipinski definition) is 0. The molecule has 0 unspecified atom stereocenters. The zero-order valence-electron chi connectivity index (χ0n) is 8.70. The lowest BCUT2D eigenvalue weighted by atomic mass is 9.95. The van der Waals surface area contributed by atoms with E-state index in [1.807, 2.05) is 6.07 Å². The predicted molar refractivity (Wildman–Crippen MR) is 56.2 cm³/mol. The van der Waals surface area contributed by atoms with Gasteiger partial charge in [-0.25, -0.2) is 0 Å². The van der Waals surface area contributed by atoms with Crippen LogP contribution in [0.1, 0.15) is 31.4 Å². The van der Waals surface area contributed by atoms with Gasteiger partial charge >= 0.3 is 0 Å². The van der Waals surface area contributed by atoms with Crippen molar-refractivity contribution in [2.45, 2.75) is 31.2 Å². The molecule has 0 aromatic carbocycles. The Balaban J connectivity index is 1.87. The number of rotatable bonds is 0. The third-order valence-electron chi connectivity index (χ3n) is 3.50. The van der Waals surface area contributed by atoms with Gasteiger partial charge in [0.25, 0.3) is 0 Å². The Kier molecular flexibility index (Phi) is 2.03. The lowest BCUT2D eigenvalue weighted by Gasteiger charge is -2.25. The molecule has 2 saturated heterocycles. The van der Waals surface area contributed by atoms with Crippen molar-refractivity contribution in [1.82, 2.24) is 10.1 Å². The number of nitrogens with zero attached hydrogens (tertiary/aromatic N) is 2. The zero-order valence-corrected chi connectivity index (χ0v) is 8.70. The first-order valence-corrected chi connectivity index (χ1v) is 5.58. The normalized spacial score (nSPS) is 23.5. The lowest BCUT2D eigenvalue weighted by Crippen LogP contribution is -2.36. The van der Waals surface area contributed by atoms with Crippen LogP contribution in [0.2, 0.25) is 0 Å². The van der Waals surface area contributed by atoms with Gasteiger partial charge in [0, 0.05) is 6.07 Å². The van der Waals surface area contributed by atoms with E-state index in [2.05, 4.69) is 21.9 Å². The van der Waals surface area contributed by atoms with Gasteiger partial charge in [0.05, 0.1) is 11.7 Å². The summed E-state index contributed by atoms with van der Waals surface area (Å²) in [7, 11) is 0. The van der Waals surface area contributed by atoms with Crippen molar-refractivity contribution in [3.8, 4) is 11.8 Å². The van der Waals surface area contributed by atoms with Gasteiger partial charge in [-0.05, 0) is 44.7 Å². The Bertz CT molecular complexity index is 389. The molecule has 2 aliphatic heterocycles. The van der Waals surface area contributed by atoms with E-state index in [9.17, 15) is 0 Å². The molecule has 0 aliphatic carbocycles. The molecule has 0 amide bonds. The molecule has 3 heterocycles. The molecule has 3 rings (SSSR count). The zero-order chi connectivity index (χ0) is 10.1. The first-order valence-electron chi connectivity index (χ1n) is 5.58. The van der Waals surface area contributed by atoms with Crippen molar-refractivity contribution >= 4 is 0 Å². The van der Waals surface area contributed by atoms with E-state index in [-0.39, 0.29) is 5.54 Å². The van der Waals surface area contributed by atoms with Gasteiger partial charge in [0.15, 0.2) is 0 Å². The predicted octanol–water partition coefficient (Wildman–Crippen LogP) is 1.65. The van der Waals surface area contributed by atoms with E-state index < -0.39 is 0 Å². The first kappa shape index (κ1) is 8.99. The molecule has 0 spiro atoms. The smallest absolute Gasteiger partial charge is 0.209 e. The molecule has 0 radical (unpaired) electrons. The molecule has 3 nitrogen and oxygen atoms in total. The van der Waals surface area contributed by atoms with Crippen LogP contribution in [0.15, 0.2) is 16.8 Å². The van der Waals surface area contributed by atoms with Gasteiger partial charge in [-0.1, -0.05) is 11.1 Å². The van der Waals surface area contributed by atoms with Crippen LogP contribution < -0.4 is 0 Å². The molecule has 2 aliphatic rings. The highest BCUT2D eigenvalue weighted by molar-refractivity contribution is 5.31. The van der Waals surface area contributed by atoms with E-state index in [4.69, 9.17) is 4.52 Å². The van der Waals surface area contributed by atoms with Crippen molar-refractivity contribution in [1.29, 1.82) is 0 Å². The van der Waals surface area contributed by atoms with Crippen molar-refractivity contribution < 1.29 is 4.52 Å². The SMILES string of the molecule is C(#CC12CCCN1CCC2)c1ccno1. The molecule has 0 atom stereocenters. The van der Waals surface area contributed by atoms with Crippen LogP contribution in [0.5, 0.6) is 0 Å². The van der Waals surface area contributed by atoms with Crippen LogP contribution in [0.3, 0.4) is 0 Å². The van der Waals surface area contributed by atoms with Crippen LogP contribution >= 0.6 is 0 Å². The van der Waals surface area contributed by atoms with Crippen LogP contribution in [-0.4, -0.2) is 28.7 Å². The molecule has 0 bridgehead atoms. The molecule has 2 fully saturated rings. The Hall–Kier alpha value is -1.27. The second kappa shape index (κ2) is 3.39. The van der Waals surface area contributed by atoms with Gasteiger partial charge in [-0.2, -0.15) is 0 Å². The molecule has 3 heteroatoms. The van der Waals surface area contributed by atoms with E-state index in [1.165, 1.54) is 38.8 Å². The van der Waals surface area contributed by atoms with E-state index in [0.29, 0.717) is 5.76 Å². The summed E-state index contributed by atoms with van der Waals surface area (Å²) in [6.07, 6.45) is 6.64. The highest BCUT2D eigenvalue weighted by Crippen LogP contribution is 2.38. The van der Waals surface area contributed by atoms with E-state index in [1.54, 1.807) is 6.20 Å². The quantitative estimate of drug-likeness (QED) is 0.599. The minimum Gasteiger partial charge on any atom is -0.348 e. The fraction of sp³-hybridized carbons (Fsp3) is 0.583. The second-order valence-electron chi connectivity index (χ2n) is 4.35. The van der Waals surface area contributed by atoms with Crippen LogP contribution in [0.25, 0.3) is 0 Å². The molecule has 15 heavy (non-hydrogen) atoms. The summed E-state index contributed by atoms with van der Waals surface area (Å²) in [5, 5.41) is 3.66. The minimum atomic E-state index is 0.160. The van der Waals surface area contributed by atoms with Gasteiger partial charge in [-0.3, -0.25) is 4.90 Å². The highest BCUT2D eigenvalue weighted by atomic mass is 16.5. The largest absolute Gasteiger partial charge is 0.348 e. The van der Waals surface area contributed by atoms with Crippen molar-refractivity contribution in [3.05, 3.63) is 18.0 Å². The average molecular weight is 202 g/mol. The molecule has 1 aromatic heterocycles. The summed E-state index contributed by atoms with van der Waals surface area (Å²) >= 11 is 0. The minimum absolute atomic E-state index is 0.160. The van der Waals surface area contributed by atoms with Crippen molar-refractivity contribution in [2.75, 3.05) is 13.1 Å². The molecular weight excluding hydrogens is 188 g/mol. The third kappa shape index (κ3) is 1.46.